The van der Waals surface area contributed by atoms with Gasteiger partial charge in [0.15, 0.2) is 0 Å². The number of methoxy groups -OCH3 is 1. The molecule has 0 bridgehead atoms. The molecule has 0 aliphatic rings. The number of halogens is 1. The van der Waals surface area contributed by atoms with Crippen molar-refractivity contribution < 1.29 is 14.3 Å². The number of esters is 1. The molecule has 1 rings (SSSR count). The maximum atomic E-state index is 12.2. The lowest BCUT2D eigenvalue weighted by atomic mass is 10.0. The Morgan fingerprint density at radius 1 is 1.40 bits per heavy atom. The van der Waals surface area contributed by atoms with Crippen molar-refractivity contribution in [1.29, 1.82) is 0 Å². The highest BCUT2D eigenvalue weighted by molar-refractivity contribution is 6.29. The molecular formula is C14H19ClN2O3. The van der Waals surface area contributed by atoms with Crippen molar-refractivity contribution in [3.63, 3.8) is 0 Å². The lowest BCUT2D eigenvalue weighted by molar-refractivity contribution is -0.144. The Balaban J connectivity index is 2.94. The van der Waals surface area contributed by atoms with Crippen LogP contribution >= 0.6 is 11.6 Å². The molecule has 0 aromatic carbocycles. The first-order valence-corrected chi connectivity index (χ1v) is 6.82. The standard InChI is InChI=1S/C14H19ClN2O3/c1-5-10-6-9(7-11(15)16-10)13(18)17-12(8(2)3)14(19)20-4/h6-8,12H,5H2,1-4H3,(H,17,18). The minimum Gasteiger partial charge on any atom is -0.467 e. The molecule has 1 amide bonds. The van der Waals surface area contributed by atoms with E-state index in [-0.39, 0.29) is 17.0 Å². The summed E-state index contributed by atoms with van der Waals surface area (Å²) in [5, 5.41) is 2.92. The van der Waals surface area contributed by atoms with Crippen molar-refractivity contribution >= 4 is 23.5 Å². The number of rotatable bonds is 5. The Kier molecular flexibility index (Phi) is 5.95. The smallest absolute Gasteiger partial charge is 0.328 e. The van der Waals surface area contributed by atoms with Crippen LogP contribution in [-0.4, -0.2) is 30.0 Å². The molecule has 0 aliphatic carbocycles. The van der Waals surface area contributed by atoms with Gasteiger partial charge in [-0.25, -0.2) is 9.78 Å². The highest BCUT2D eigenvalue weighted by Crippen LogP contribution is 2.13. The van der Waals surface area contributed by atoms with Gasteiger partial charge in [0.05, 0.1) is 7.11 Å². The molecule has 6 heteroatoms. The fourth-order valence-corrected chi connectivity index (χ4v) is 1.94. The Morgan fingerprint density at radius 2 is 2.05 bits per heavy atom. The second-order valence-electron chi connectivity index (χ2n) is 4.74. The second kappa shape index (κ2) is 7.24. The molecule has 110 valence electrons. The number of carbonyl (C=O) groups excluding carboxylic acids is 2. The molecule has 0 saturated heterocycles. The number of amides is 1. The van der Waals surface area contributed by atoms with E-state index >= 15 is 0 Å². The number of nitrogens with one attached hydrogen (secondary N) is 1. The normalized spacial score (nSPS) is 12.1. The largest absolute Gasteiger partial charge is 0.467 e. The molecule has 20 heavy (non-hydrogen) atoms. The van der Waals surface area contributed by atoms with Crippen LogP contribution in [0, 0.1) is 5.92 Å². The van der Waals surface area contributed by atoms with E-state index < -0.39 is 12.0 Å². The molecule has 0 aliphatic heterocycles. The van der Waals surface area contributed by atoms with Gasteiger partial charge in [-0.1, -0.05) is 32.4 Å². The zero-order valence-electron chi connectivity index (χ0n) is 12.1. The highest BCUT2D eigenvalue weighted by atomic mass is 35.5. The van der Waals surface area contributed by atoms with Crippen molar-refractivity contribution in [2.45, 2.75) is 33.2 Å². The van der Waals surface area contributed by atoms with Crippen molar-refractivity contribution in [3.05, 3.63) is 28.5 Å². The third-order valence-electron chi connectivity index (χ3n) is 2.88. The van der Waals surface area contributed by atoms with Crippen LogP contribution in [0.5, 0.6) is 0 Å². The van der Waals surface area contributed by atoms with Gasteiger partial charge in [-0.15, -0.1) is 0 Å². The summed E-state index contributed by atoms with van der Waals surface area (Å²) in [5.74, 6) is -0.910. The summed E-state index contributed by atoms with van der Waals surface area (Å²) in [5.41, 5.74) is 1.11. The van der Waals surface area contributed by atoms with E-state index in [0.29, 0.717) is 12.0 Å². The van der Waals surface area contributed by atoms with Gasteiger partial charge in [0, 0.05) is 11.3 Å². The number of hydrogen-bond acceptors (Lipinski definition) is 4. The van der Waals surface area contributed by atoms with Crippen molar-refractivity contribution in [2.75, 3.05) is 7.11 Å². The fourth-order valence-electron chi connectivity index (χ4n) is 1.71. The Bertz CT molecular complexity index is 503. The second-order valence-corrected chi connectivity index (χ2v) is 5.13. The van der Waals surface area contributed by atoms with Crippen LogP contribution in [0.15, 0.2) is 12.1 Å². The number of nitrogens with zero attached hydrogens (tertiary/aromatic N) is 1. The molecule has 1 heterocycles. The lowest BCUT2D eigenvalue weighted by Crippen LogP contribution is -2.45. The van der Waals surface area contributed by atoms with Crippen LogP contribution < -0.4 is 5.32 Å². The lowest BCUT2D eigenvalue weighted by Gasteiger charge is -2.19. The van der Waals surface area contributed by atoms with E-state index in [2.05, 4.69) is 15.0 Å². The Labute approximate surface area is 123 Å². The quantitative estimate of drug-likeness (QED) is 0.668. The molecule has 1 aromatic heterocycles. The molecule has 1 N–H and O–H groups in total. The first-order valence-electron chi connectivity index (χ1n) is 6.44. The summed E-state index contributed by atoms with van der Waals surface area (Å²) >= 11 is 5.88. The van der Waals surface area contributed by atoms with Crippen LogP contribution in [0.3, 0.4) is 0 Å². The molecular weight excluding hydrogens is 280 g/mol. The van der Waals surface area contributed by atoms with Gasteiger partial charge in [0.25, 0.3) is 5.91 Å². The van der Waals surface area contributed by atoms with Crippen molar-refractivity contribution in [2.24, 2.45) is 5.92 Å². The average Bonchev–Trinajstić information content (AvgIpc) is 2.42. The van der Waals surface area contributed by atoms with Crippen molar-refractivity contribution in [3.8, 4) is 0 Å². The van der Waals surface area contributed by atoms with Crippen LogP contribution in [0.1, 0.15) is 36.8 Å². The molecule has 0 saturated carbocycles. The zero-order valence-corrected chi connectivity index (χ0v) is 12.8. The molecule has 0 radical (unpaired) electrons. The van der Waals surface area contributed by atoms with Gasteiger partial charge >= 0.3 is 5.97 Å². The topological polar surface area (TPSA) is 68.3 Å². The fraction of sp³-hybridized carbons (Fsp3) is 0.500. The van der Waals surface area contributed by atoms with Gasteiger partial charge in [0.1, 0.15) is 11.2 Å². The van der Waals surface area contributed by atoms with E-state index in [1.807, 2.05) is 20.8 Å². The maximum Gasteiger partial charge on any atom is 0.328 e. The summed E-state index contributed by atoms with van der Waals surface area (Å²) in [6.45, 7) is 5.59. The maximum absolute atomic E-state index is 12.2. The number of hydrogen-bond donors (Lipinski definition) is 1. The number of aromatic nitrogens is 1. The molecule has 1 atom stereocenters. The van der Waals surface area contributed by atoms with E-state index in [1.165, 1.54) is 13.2 Å². The number of ether oxygens (including phenoxy) is 1. The van der Waals surface area contributed by atoms with Crippen molar-refractivity contribution in [1.82, 2.24) is 10.3 Å². The first-order chi connectivity index (χ1) is 9.38. The minimum atomic E-state index is -0.690. The summed E-state index contributed by atoms with van der Waals surface area (Å²) in [7, 11) is 1.29. The monoisotopic (exact) mass is 298 g/mol. The minimum absolute atomic E-state index is 0.0747. The molecule has 5 nitrogen and oxygen atoms in total. The van der Waals surface area contributed by atoms with Crippen LogP contribution in [0.4, 0.5) is 0 Å². The van der Waals surface area contributed by atoms with Gasteiger partial charge in [-0.2, -0.15) is 0 Å². The molecule has 1 aromatic rings. The first kappa shape index (κ1) is 16.4. The summed E-state index contributed by atoms with van der Waals surface area (Å²) in [6.07, 6.45) is 0.672. The van der Waals surface area contributed by atoms with Gasteiger partial charge in [-0.05, 0) is 24.5 Å². The van der Waals surface area contributed by atoms with E-state index in [4.69, 9.17) is 11.6 Å². The van der Waals surface area contributed by atoms with Gasteiger partial charge in [0.2, 0.25) is 0 Å². The average molecular weight is 299 g/mol. The van der Waals surface area contributed by atoms with Gasteiger partial charge < -0.3 is 10.1 Å². The Morgan fingerprint density at radius 3 is 2.55 bits per heavy atom. The molecule has 1 unspecified atom stereocenters. The third-order valence-corrected chi connectivity index (χ3v) is 3.07. The number of pyridine rings is 1. The zero-order chi connectivity index (χ0) is 15.3. The third kappa shape index (κ3) is 4.20. The summed E-state index contributed by atoms with van der Waals surface area (Å²) in [4.78, 5) is 27.9. The van der Waals surface area contributed by atoms with Gasteiger partial charge in [-0.3, -0.25) is 4.79 Å². The predicted molar refractivity (Wildman–Crippen MR) is 76.7 cm³/mol. The Hall–Kier alpha value is -1.62. The summed E-state index contributed by atoms with van der Waals surface area (Å²) < 4.78 is 4.69. The molecule has 0 fully saturated rings. The number of carbonyl (C=O) groups is 2. The molecule has 0 spiro atoms. The van der Waals surface area contributed by atoms with E-state index in [9.17, 15) is 9.59 Å². The van der Waals surface area contributed by atoms with Crippen LogP contribution in [0.2, 0.25) is 5.15 Å². The van der Waals surface area contributed by atoms with E-state index in [1.54, 1.807) is 6.07 Å². The summed E-state index contributed by atoms with van der Waals surface area (Å²) in [6, 6.07) is 2.45. The van der Waals surface area contributed by atoms with Crippen LogP contribution in [0.25, 0.3) is 0 Å². The SMILES string of the molecule is CCc1cc(C(=O)NC(C(=O)OC)C(C)C)cc(Cl)n1. The highest BCUT2D eigenvalue weighted by Gasteiger charge is 2.25. The predicted octanol–water partition coefficient (Wildman–Crippen LogP) is 2.22. The van der Waals surface area contributed by atoms with Crippen LogP contribution in [-0.2, 0) is 16.0 Å². The van der Waals surface area contributed by atoms with E-state index in [0.717, 1.165) is 5.69 Å². The number of aryl methyl sites for hydroxylation is 1.